The Hall–Kier alpha value is -0.970. The number of rotatable bonds is 3. The van der Waals surface area contributed by atoms with Crippen molar-refractivity contribution in [2.45, 2.75) is 12.8 Å². The molecule has 0 aliphatic heterocycles. The van der Waals surface area contributed by atoms with Crippen LogP contribution in [-0.4, -0.2) is 13.1 Å². The highest BCUT2D eigenvalue weighted by Crippen LogP contribution is 2.23. The summed E-state index contributed by atoms with van der Waals surface area (Å²) in [6.45, 7) is 0. The molecule has 0 heterocycles. The van der Waals surface area contributed by atoms with Crippen LogP contribution >= 0.6 is 15.9 Å². The maximum absolute atomic E-state index is 13.0. The van der Waals surface area contributed by atoms with Crippen LogP contribution in [0, 0.1) is 11.6 Å². The fourth-order valence-corrected chi connectivity index (χ4v) is 1.56. The molecule has 0 fully saturated rings. The topological polar surface area (TPSA) is 26.3 Å². The van der Waals surface area contributed by atoms with Crippen LogP contribution in [0.5, 0.6) is 0 Å². The van der Waals surface area contributed by atoms with E-state index in [2.05, 4.69) is 20.7 Å². The summed E-state index contributed by atoms with van der Waals surface area (Å²) in [6.07, 6.45) is 0.333. The van der Waals surface area contributed by atoms with E-state index in [1.54, 1.807) is 0 Å². The molecule has 1 aromatic carbocycles. The van der Waals surface area contributed by atoms with Gasteiger partial charge >= 0.3 is 5.97 Å². The van der Waals surface area contributed by atoms with Gasteiger partial charge in [0.2, 0.25) is 0 Å². The molecule has 0 saturated carbocycles. The Morgan fingerprint density at radius 1 is 1.47 bits per heavy atom. The van der Waals surface area contributed by atoms with Crippen LogP contribution in [0.2, 0.25) is 0 Å². The van der Waals surface area contributed by atoms with Crippen molar-refractivity contribution in [2.24, 2.45) is 0 Å². The predicted octanol–water partition coefficient (Wildman–Crippen LogP) is 2.83. The van der Waals surface area contributed by atoms with E-state index in [1.807, 2.05) is 0 Å². The van der Waals surface area contributed by atoms with Gasteiger partial charge in [-0.1, -0.05) is 0 Å². The van der Waals surface area contributed by atoms with E-state index in [0.29, 0.717) is 5.56 Å². The van der Waals surface area contributed by atoms with Gasteiger partial charge in [-0.15, -0.1) is 0 Å². The lowest BCUT2D eigenvalue weighted by molar-refractivity contribution is -0.140. The minimum atomic E-state index is -0.671. The highest BCUT2D eigenvalue weighted by Gasteiger charge is 2.10. The Morgan fingerprint density at radius 3 is 2.73 bits per heavy atom. The first-order chi connectivity index (χ1) is 7.04. The summed E-state index contributed by atoms with van der Waals surface area (Å²) in [6, 6.07) is 1.97. The highest BCUT2D eigenvalue weighted by molar-refractivity contribution is 9.10. The Labute approximate surface area is 94.4 Å². The van der Waals surface area contributed by atoms with Crippen molar-refractivity contribution >= 4 is 21.9 Å². The van der Waals surface area contributed by atoms with Gasteiger partial charge in [0.05, 0.1) is 11.6 Å². The minimum Gasteiger partial charge on any atom is -0.469 e. The summed E-state index contributed by atoms with van der Waals surface area (Å²) in [5.41, 5.74) is 0.415. The van der Waals surface area contributed by atoms with Gasteiger partial charge in [0.1, 0.15) is 11.6 Å². The molecule has 82 valence electrons. The van der Waals surface area contributed by atoms with Crippen LogP contribution in [0.1, 0.15) is 12.0 Å². The third-order valence-electron chi connectivity index (χ3n) is 1.89. The number of esters is 1. The molecule has 0 aromatic heterocycles. The van der Waals surface area contributed by atoms with Crippen molar-refractivity contribution in [1.29, 1.82) is 0 Å². The maximum atomic E-state index is 13.0. The Balaban J connectivity index is 2.81. The molecule has 0 aliphatic carbocycles. The number of carbonyl (C=O) groups excluding carboxylic acids is 1. The van der Waals surface area contributed by atoms with Crippen molar-refractivity contribution in [3.8, 4) is 0 Å². The van der Waals surface area contributed by atoms with Gasteiger partial charge in [-0.05, 0) is 34.0 Å². The molecule has 0 unspecified atom stereocenters. The Kier molecular flexibility index (Phi) is 4.20. The van der Waals surface area contributed by atoms with Crippen LogP contribution in [0.3, 0.4) is 0 Å². The van der Waals surface area contributed by atoms with E-state index in [-0.39, 0.29) is 17.3 Å². The largest absolute Gasteiger partial charge is 0.469 e. The number of carbonyl (C=O) groups is 1. The normalized spacial score (nSPS) is 10.1. The second-order valence-corrected chi connectivity index (χ2v) is 3.73. The second kappa shape index (κ2) is 5.21. The molecule has 0 aliphatic rings. The first-order valence-electron chi connectivity index (χ1n) is 4.25. The van der Waals surface area contributed by atoms with E-state index >= 15 is 0 Å². The molecule has 0 bridgehead atoms. The maximum Gasteiger partial charge on any atom is 0.305 e. The summed E-state index contributed by atoms with van der Waals surface area (Å²) in [5, 5.41) is 0. The van der Waals surface area contributed by atoms with E-state index in [9.17, 15) is 13.6 Å². The summed E-state index contributed by atoms with van der Waals surface area (Å²) in [5.74, 6) is -1.74. The molecule has 0 amide bonds. The monoisotopic (exact) mass is 278 g/mol. The SMILES string of the molecule is COC(=O)CCc1cc(F)cc(F)c1Br. The number of halogens is 3. The fraction of sp³-hybridized carbons (Fsp3) is 0.300. The minimum absolute atomic E-state index is 0.0952. The summed E-state index contributed by atoms with van der Waals surface area (Å²) >= 11 is 2.99. The van der Waals surface area contributed by atoms with Crippen LogP contribution in [0.4, 0.5) is 8.78 Å². The predicted molar refractivity (Wildman–Crippen MR) is 54.4 cm³/mol. The first-order valence-corrected chi connectivity index (χ1v) is 5.04. The smallest absolute Gasteiger partial charge is 0.305 e. The molecule has 0 N–H and O–H groups in total. The zero-order valence-electron chi connectivity index (χ0n) is 8.02. The van der Waals surface area contributed by atoms with E-state index in [0.717, 1.165) is 6.07 Å². The van der Waals surface area contributed by atoms with Gasteiger partial charge in [0.15, 0.2) is 0 Å². The lowest BCUT2D eigenvalue weighted by Crippen LogP contribution is -2.03. The zero-order chi connectivity index (χ0) is 11.4. The average molecular weight is 279 g/mol. The fourth-order valence-electron chi connectivity index (χ4n) is 1.13. The van der Waals surface area contributed by atoms with Crippen LogP contribution in [0.25, 0.3) is 0 Å². The summed E-state index contributed by atoms with van der Waals surface area (Å²) < 4.78 is 30.5. The number of aryl methyl sites for hydroxylation is 1. The molecule has 2 nitrogen and oxygen atoms in total. The van der Waals surface area contributed by atoms with E-state index in [1.165, 1.54) is 13.2 Å². The Morgan fingerprint density at radius 2 is 2.13 bits per heavy atom. The first kappa shape index (κ1) is 12.1. The van der Waals surface area contributed by atoms with Gasteiger partial charge in [0.25, 0.3) is 0 Å². The number of methoxy groups -OCH3 is 1. The molecule has 0 radical (unpaired) electrons. The second-order valence-electron chi connectivity index (χ2n) is 2.94. The summed E-state index contributed by atoms with van der Waals surface area (Å²) in [4.78, 5) is 10.8. The van der Waals surface area contributed by atoms with Crippen molar-refractivity contribution in [3.05, 3.63) is 33.8 Å². The zero-order valence-corrected chi connectivity index (χ0v) is 9.61. The standard InChI is InChI=1S/C10H9BrF2O2/c1-15-9(14)3-2-6-4-7(12)5-8(13)10(6)11/h4-5H,2-3H2,1H3. The number of benzene rings is 1. The molecule has 5 heteroatoms. The van der Waals surface area contributed by atoms with Crippen LogP contribution in [0.15, 0.2) is 16.6 Å². The molecule has 1 aromatic rings. The number of hydrogen-bond acceptors (Lipinski definition) is 2. The molecular weight excluding hydrogens is 270 g/mol. The molecular formula is C10H9BrF2O2. The van der Waals surface area contributed by atoms with Crippen molar-refractivity contribution in [3.63, 3.8) is 0 Å². The third kappa shape index (κ3) is 3.27. The van der Waals surface area contributed by atoms with E-state index < -0.39 is 17.6 Å². The lowest BCUT2D eigenvalue weighted by Gasteiger charge is -2.05. The molecule has 1 rings (SSSR count). The number of ether oxygens (including phenoxy) is 1. The van der Waals surface area contributed by atoms with Gasteiger partial charge in [0, 0.05) is 12.5 Å². The van der Waals surface area contributed by atoms with Crippen LogP contribution < -0.4 is 0 Å². The Bertz CT molecular complexity index is 380. The number of hydrogen-bond donors (Lipinski definition) is 0. The van der Waals surface area contributed by atoms with Crippen LogP contribution in [-0.2, 0) is 16.0 Å². The molecule has 15 heavy (non-hydrogen) atoms. The highest BCUT2D eigenvalue weighted by atomic mass is 79.9. The van der Waals surface area contributed by atoms with Crippen molar-refractivity contribution in [1.82, 2.24) is 0 Å². The summed E-state index contributed by atoms with van der Waals surface area (Å²) in [7, 11) is 1.27. The van der Waals surface area contributed by atoms with Gasteiger partial charge < -0.3 is 4.74 Å². The van der Waals surface area contributed by atoms with Crippen molar-refractivity contribution < 1.29 is 18.3 Å². The molecule has 0 spiro atoms. The average Bonchev–Trinajstić information content (AvgIpc) is 2.20. The van der Waals surface area contributed by atoms with Crippen molar-refractivity contribution in [2.75, 3.05) is 7.11 Å². The van der Waals surface area contributed by atoms with E-state index in [4.69, 9.17) is 0 Å². The third-order valence-corrected chi connectivity index (χ3v) is 2.78. The van der Waals surface area contributed by atoms with Gasteiger partial charge in [-0.3, -0.25) is 4.79 Å². The molecule has 0 saturated heterocycles. The van der Waals surface area contributed by atoms with Gasteiger partial charge in [-0.2, -0.15) is 0 Å². The quantitative estimate of drug-likeness (QED) is 0.628. The molecule has 0 atom stereocenters. The lowest BCUT2D eigenvalue weighted by atomic mass is 10.1. The van der Waals surface area contributed by atoms with Gasteiger partial charge in [-0.25, -0.2) is 8.78 Å².